The van der Waals surface area contributed by atoms with E-state index in [4.69, 9.17) is 5.73 Å². The summed E-state index contributed by atoms with van der Waals surface area (Å²) in [5.41, 5.74) is 11.1. The first kappa shape index (κ1) is 13.3. The molecule has 0 heterocycles. The molecule has 1 aliphatic rings. The topological polar surface area (TPSA) is 38.0 Å². The van der Waals surface area contributed by atoms with E-state index in [0.29, 0.717) is 12.5 Å². The molecule has 98 valence electrons. The van der Waals surface area contributed by atoms with E-state index >= 15 is 0 Å². The standard InChI is InChI=1S/C16H24N2/c1-3-13(11-18-9-8-17)14-6-7-16-12(2)4-5-15(16)10-14/h6-7,10,13,18H,2-5,8-9,11,17H2,1H3. The molecule has 0 bridgehead atoms. The Balaban J connectivity index is 2.09. The molecule has 0 saturated heterocycles. The summed E-state index contributed by atoms with van der Waals surface area (Å²) < 4.78 is 0. The second kappa shape index (κ2) is 6.17. The Morgan fingerprint density at radius 1 is 1.39 bits per heavy atom. The number of aryl methyl sites for hydroxylation is 1. The van der Waals surface area contributed by atoms with Gasteiger partial charge in [0, 0.05) is 19.6 Å². The molecule has 2 heteroatoms. The van der Waals surface area contributed by atoms with Crippen LogP contribution in [-0.4, -0.2) is 19.6 Å². The summed E-state index contributed by atoms with van der Waals surface area (Å²) in [6.45, 7) is 9.01. The van der Waals surface area contributed by atoms with Crippen molar-refractivity contribution in [3.63, 3.8) is 0 Å². The van der Waals surface area contributed by atoms with Gasteiger partial charge in [-0.2, -0.15) is 0 Å². The zero-order valence-corrected chi connectivity index (χ0v) is 11.3. The number of allylic oxidation sites excluding steroid dienone is 1. The van der Waals surface area contributed by atoms with E-state index in [0.717, 1.165) is 32.4 Å². The van der Waals surface area contributed by atoms with Crippen LogP contribution in [0.25, 0.3) is 5.57 Å². The molecule has 2 rings (SSSR count). The molecular formula is C16H24N2. The van der Waals surface area contributed by atoms with Crippen molar-refractivity contribution < 1.29 is 0 Å². The van der Waals surface area contributed by atoms with Crippen molar-refractivity contribution in [2.45, 2.75) is 32.1 Å². The average Bonchev–Trinajstić information content (AvgIpc) is 2.76. The molecule has 1 unspecified atom stereocenters. The van der Waals surface area contributed by atoms with Gasteiger partial charge in [-0.3, -0.25) is 0 Å². The molecule has 0 amide bonds. The van der Waals surface area contributed by atoms with Crippen molar-refractivity contribution in [3.05, 3.63) is 41.5 Å². The summed E-state index contributed by atoms with van der Waals surface area (Å²) in [5, 5.41) is 3.42. The maximum absolute atomic E-state index is 5.51. The Morgan fingerprint density at radius 2 is 2.22 bits per heavy atom. The van der Waals surface area contributed by atoms with Gasteiger partial charge in [0.1, 0.15) is 0 Å². The van der Waals surface area contributed by atoms with Crippen LogP contribution in [0.4, 0.5) is 0 Å². The molecule has 2 nitrogen and oxygen atoms in total. The van der Waals surface area contributed by atoms with E-state index in [2.05, 4.69) is 37.0 Å². The first-order chi connectivity index (χ1) is 8.76. The molecule has 18 heavy (non-hydrogen) atoms. The molecular weight excluding hydrogens is 220 g/mol. The predicted molar refractivity (Wildman–Crippen MR) is 78.8 cm³/mol. The molecule has 0 spiro atoms. The van der Waals surface area contributed by atoms with Crippen LogP contribution in [0.3, 0.4) is 0 Å². The monoisotopic (exact) mass is 244 g/mol. The van der Waals surface area contributed by atoms with Crippen molar-refractivity contribution in [1.82, 2.24) is 5.32 Å². The molecule has 1 aromatic carbocycles. The highest BCUT2D eigenvalue weighted by molar-refractivity contribution is 5.71. The Hall–Kier alpha value is -1.12. The number of hydrogen-bond acceptors (Lipinski definition) is 2. The third-order valence-corrected chi connectivity index (χ3v) is 3.88. The van der Waals surface area contributed by atoms with E-state index in [1.165, 1.54) is 22.3 Å². The van der Waals surface area contributed by atoms with Crippen LogP contribution in [0.5, 0.6) is 0 Å². The van der Waals surface area contributed by atoms with Crippen molar-refractivity contribution in [2.75, 3.05) is 19.6 Å². The van der Waals surface area contributed by atoms with Crippen LogP contribution >= 0.6 is 0 Å². The quantitative estimate of drug-likeness (QED) is 0.755. The zero-order chi connectivity index (χ0) is 13.0. The molecule has 3 N–H and O–H groups in total. The summed E-state index contributed by atoms with van der Waals surface area (Å²) in [5.74, 6) is 0.593. The smallest absolute Gasteiger partial charge is 0.00747 e. The average molecular weight is 244 g/mol. The number of rotatable bonds is 6. The molecule has 0 radical (unpaired) electrons. The van der Waals surface area contributed by atoms with Crippen molar-refractivity contribution in [2.24, 2.45) is 5.73 Å². The van der Waals surface area contributed by atoms with Crippen molar-refractivity contribution in [3.8, 4) is 0 Å². The Kier molecular flexibility index (Phi) is 4.56. The SMILES string of the molecule is C=C1CCc2cc(C(CC)CNCCN)ccc21. The van der Waals surface area contributed by atoms with Gasteiger partial charge in [-0.25, -0.2) is 0 Å². The Bertz CT molecular complexity index is 423. The number of fused-ring (bicyclic) bond motifs is 1. The molecule has 1 aromatic rings. The van der Waals surface area contributed by atoms with Gasteiger partial charge in [0.05, 0.1) is 0 Å². The lowest BCUT2D eigenvalue weighted by Gasteiger charge is -2.17. The molecule has 0 saturated carbocycles. The summed E-state index contributed by atoms with van der Waals surface area (Å²) in [4.78, 5) is 0. The highest BCUT2D eigenvalue weighted by Gasteiger charge is 2.17. The largest absolute Gasteiger partial charge is 0.329 e. The fourth-order valence-corrected chi connectivity index (χ4v) is 2.72. The van der Waals surface area contributed by atoms with Crippen molar-refractivity contribution >= 4 is 5.57 Å². The third-order valence-electron chi connectivity index (χ3n) is 3.88. The second-order valence-electron chi connectivity index (χ2n) is 5.12. The zero-order valence-electron chi connectivity index (χ0n) is 11.3. The number of nitrogens with two attached hydrogens (primary N) is 1. The molecule has 1 atom stereocenters. The first-order valence-electron chi connectivity index (χ1n) is 6.98. The van der Waals surface area contributed by atoms with E-state index in [9.17, 15) is 0 Å². The van der Waals surface area contributed by atoms with Gasteiger partial charge in [0.15, 0.2) is 0 Å². The van der Waals surface area contributed by atoms with Crippen molar-refractivity contribution in [1.29, 1.82) is 0 Å². The van der Waals surface area contributed by atoms with Crippen LogP contribution in [0.2, 0.25) is 0 Å². The minimum absolute atomic E-state index is 0.593. The number of hydrogen-bond donors (Lipinski definition) is 2. The van der Waals surface area contributed by atoms with Crippen LogP contribution in [0.1, 0.15) is 42.4 Å². The van der Waals surface area contributed by atoms with Gasteiger partial charge in [-0.1, -0.05) is 31.7 Å². The van der Waals surface area contributed by atoms with E-state index in [1.54, 1.807) is 0 Å². The number of nitrogens with one attached hydrogen (secondary N) is 1. The Labute approximate surface area is 110 Å². The van der Waals surface area contributed by atoms with Gasteiger partial charge < -0.3 is 11.1 Å². The van der Waals surface area contributed by atoms with Crippen LogP contribution in [-0.2, 0) is 6.42 Å². The minimum Gasteiger partial charge on any atom is -0.329 e. The van der Waals surface area contributed by atoms with Gasteiger partial charge in [-0.05, 0) is 47.4 Å². The maximum Gasteiger partial charge on any atom is 0.00747 e. The highest BCUT2D eigenvalue weighted by Crippen LogP contribution is 2.33. The van der Waals surface area contributed by atoms with E-state index < -0.39 is 0 Å². The molecule has 0 aromatic heterocycles. The lowest BCUT2D eigenvalue weighted by molar-refractivity contribution is 0.574. The first-order valence-corrected chi connectivity index (χ1v) is 6.98. The minimum atomic E-state index is 0.593. The summed E-state index contributed by atoms with van der Waals surface area (Å²) in [7, 11) is 0. The molecule has 1 aliphatic carbocycles. The van der Waals surface area contributed by atoms with Gasteiger partial charge >= 0.3 is 0 Å². The molecule has 0 aliphatic heterocycles. The van der Waals surface area contributed by atoms with Gasteiger partial charge in [-0.15, -0.1) is 0 Å². The lowest BCUT2D eigenvalue weighted by Crippen LogP contribution is -2.27. The van der Waals surface area contributed by atoms with E-state index in [1.807, 2.05) is 0 Å². The summed E-state index contributed by atoms with van der Waals surface area (Å²) in [6.07, 6.45) is 3.45. The van der Waals surface area contributed by atoms with Gasteiger partial charge in [0.2, 0.25) is 0 Å². The van der Waals surface area contributed by atoms with Gasteiger partial charge in [0.25, 0.3) is 0 Å². The van der Waals surface area contributed by atoms with E-state index in [-0.39, 0.29) is 0 Å². The van der Waals surface area contributed by atoms with Crippen LogP contribution in [0, 0.1) is 0 Å². The summed E-state index contributed by atoms with van der Waals surface area (Å²) >= 11 is 0. The molecule has 0 fully saturated rings. The normalized spacial score (nSPS) is 15.8. The highest BCUT2D eigenvalue weighted by atomic mass is 14.9. The summed E-state index contributed by atoms with van der Waals surface area (Å²) in [6, 6.07) is 6.91. The maximum atomic E-state index is 5.51. The Morgan fingerprint density at radius 3 is 2.94 bits per heavy atom. The number of benzene rings is 1. The second-order valence-corrected chi connectivity index (χ2v) is 5.12. The fraction of sp³-hybridized carbons (Fsp3) is 0.500. The van der Waals surface area contributed by atoms with Crippen LogP contribution in [0.15, 0.2) is 24.8 Å². The van der Waals surface area contributed by atoms with Crippen LogP contribution < -0.4 is 11.1 Å². The third kappa shape index (κ3) is 2.82. The lowest BCUT2D eigenvalue weighted by atomic mass is 9.93. The predicted octanol–water partition coefficient (Wildman–Crippen LogP) is 2.69. The fourth-order valence-electron chi connectivity index (χ4n) is 2.72.